The van der Waals surface area contributed by atoms with Gasteiger partial charge in [0.2, 0.25) is 0 Å². The molecule has 0 N–H and O–H groups in total. The van der Waals surface area contributed by atoms with Crippen molar-refractivity contribution in [1.29, 1.82) is 0 Å². The minimum atomic E-state index is -0.209. The SMILES string of the molecule is CN(Cc1cc(Br)cs1)C(=O)S. The minimum Gasteiger partial charge on any atom is -0.332 e. The predicted molar refractivity (Wildman–Crippen MR) is 57.9 cm³/mol. The van der Waals surface area contributed by atoms with Crippen LogP contribution >= 0.6 is 39.9 Å². The molecule has 2 nitrogen and oxygen atoms in total. The highest BCUT2D eigenvalue weighted by Gasteiger charge is 2.05. The number of hydrogen-bond donors (Lipinski definition) is 1. The first-order valence-corrected chi connectivity index (χ1v) is 5.38. The van der Waals surface area contributed by atoms with Gasteiger partial charge in [-0.2, -0.15) is 0 Å². The van der Waals surface area contributed by atoms with Gasteiger partial charge in [0.25, 0.3) is 5.24 Å². The number of thiophene rings is 1. The van der Waals surface area contributed by atoms with Crippen molar-refractivity contribution in [3.63, 3.8) is 0 Å². The van der Waals surface area contributed by atoms with Crippen LogP contribution in [0.25, 0.3) is 0 Å². The molecule has 0 aliphatic heterocycles. The number of halogens is 1. The van der Waals surface area contributed by atoms with Gasteiger partial charge >= 0.3 is 0 Å². The van der Waals surface area contributed by atoms with Crippen molar-refractivity contribution < 1.29 is 4.79 Å². The van der Waals surface area contributed by atoms with Crippen LogP contribution in [-0.4, -0.2) is 17.2 Å². The lowest BCUT2D eigenvalue weighted by Gasteiger charge is -2.11. The smallest absolute Gasteiger partial charge is 0.278 e. The minimum absolute atomic E-state index is 0.209. The van der Waals surface area contributed by atoms with Gasteiger partial charge in [0.15, 0.2) is 0 Å². The molecule has 5 heteroatoms. The molecular weight excluding hydrogens is 258 g/mol. The molecule has 0 saturated carbocycles. The second-order valence-corrected chi connectivity index (χ2v) is 4.66. The molecule has 12 heavy (non-hydrogen) atoms. The van der Waals surface area contributed by atoms with Crippen molar-refractivity contribution >= 4 is 45.1 Å². The molecule has 0 fully saturated rings. The van der Waals surface area contributed by atoms with Crippen molar-refractivity contribution in [3.05, 3.63) is 20.8 Å². The van der Waals surface area contributed by atoms with Gasteiger partial charge in [-0.3, -0.25) is 4.79 Å². The summed E-state index contributed by atoms with van der Waals surface area (Å²) < 4.78 is 1.06. The summed E-state index contributed by atoms with van der Waals surface area (Å²) in [5, 5.41) is 1.78. The van der Waals surface area contributed by atoms with Crippen molar-refractivity contribution in [2.45, 2.75) is 6.54 Å². The standard InChI is InChI=1S/C7H8BrNOS2/c1-9(7(10)11)3-6-2-5(8)4-12-6/h2,4H,3H2,1H3,(H,10,11). The molecule has 66 valence electrons. The summed E-state index contributed by atoms with van der Waals surface area (Å²) in [4.78, 5) is 13.4. The van der Waals surface area contributed by atoms with Crippen molar-refractivity contribution in [3.8, 4) is 0 Å². The van der Waals surface area contributed by atoms with E-state index in [0.29, 0.717) is 6.54 Å². The Morgan fingerprint density at radius 2 is 2.50 bits per heavy atom. The average molecular weight is 266 g/mol. The summed E-state index contributed by atoms with van der Waals surface area (Å²) in [6, 6.07) is 2.00. The van der Waals surface area contributed by atoms with Gasteiger partial charge in [0.1, 0.15) is 0 Å². The van der Waals surface area contributed by atoms with Gasteiger partial charge < -0.3 is 4.90 Å². The van der Waals surface area contributed by atoms with Crippen molar-refractivity contribution in [1.82, 2.24) is 4.90 Å². The topological polar surface area (TPSA) is 20.3 Å². The number of thiol groups is 1. The van der Waals surface area contributed by atoms with Crippen LogP contribution in [-0.2, 0) is 6.54 Å². The molecule has 0 unspecified atom stereocenters. The third kappa shape index (κ3) is 2.80. The van der Waals surface area contributed by atoms with Crippen molar-refractivity contribution in [2.75, 3.05) is 7.05 Å². The summed E-state index contributed by atoms with van der Waals surface area (Å²) in [5.41, 5.74) is 0. The van der Waals surface area contributed by atoms with E-state index < -0.39 is 0 Å². The molecule has 0 radical (unpaired) electrons. The fourth-order valence-electron chi connectivity index (χ4n) is 0.738. The number of amides is 1. The maximum absolute atomic E-state index is 10.7. The summed E-state index contributed by atoms with van der Waals surface area (Å²) in [5.74, 6) is 0. The third-order valence-electron chi connectivity index (χ3n) is 1.34. The second kappa shape index (κ2) is 4.30. The maximum Gasteiger partial charge on any atom is 0.278 e. The first kappa shape index (κ1) is 10.1. The molecule has 1 heterocycles. The lowest BCUT2D eigenvalue weighted by molar-refractivity contribution is 0.232. The van der Waals surface area contributed by atoms with E-state index in [1.807, 2.05) is 11.4 Å². The Balaban J connectivity index is 2.58. The molecule has 1 rings (SSSR count). The maximum atomic E-state index is 10.7. The molecule has 0 aliphatic carbocycles. The Bertz CT molecular complexity index is 287. The Morgan fingerprint density at radius 1 is 1.83 bits per heavy atom. The van der Waals surface area contributed by atoms with Gasteiger partial charge in [-0.1, -0.05) is 12.6 Å². The highest BCUT2D eigenvalue weighted by Crippen LogP contribution is 2.20. The van der Waals surface area contributed by atoms with E-state index in [1.54, 1.807) is 23.3 Å². The Morgan fingerprint density at radius 3 is 2.92 bits per heavy atom. The molecule has 1 aromatic rings. The van der Waals surface area contributed by atoms with Gasteiger partial charge in [-0.25, -0.2) is 0 Å². The third-order valence-corrected chi connectivity index (χ3v) is 3.37. The van der Waals surface area contributed by atoms with E-state index in [0.717, 1.165) is 9.35 Å². The quantitative estimate of drug-likeness (QED) is 0.816. The average Bonchev–Trinajstić information content (AvgIpc) is 2.35. The Hall–Kier alpha value is -0.000000000000000111. The first-order valence-electron chi connectivity index (χ1n) is 3.26. The van der Waals surface area contributed by atoms with Gasteiger partial charge in [0, 0.05) is 21.8 Å². The molecule has 0 aromatic carbocycles. The molecule has 0 atom stereocenters. The summed E-state index contributed by atoms with van der Waals surface area (Å²) in [6.45, 7) is 0.624. The van der Waals surface area contributed by atoms with E-state index >= 15 is 0 Å². The fraction of sp³-hybridized carbons (Fsp3) is 0.286. The normalized spacial score (nSPS) is 9.92. The summed E-state index contributed by atoms with van der Waals surface area (Å²) in [6.07, 6.45) is 0. The van der Waals surface area contributed by atoms with E-state index in [2.05, 4.69) is 28.6 Å². The number of nitrogens with zero attached hydrogens (tertiary/aromatic N) is 1. The predicted octanol–water partition coefficient (Wildman–Crippen LogP) is 2.99. The van der Waals surface area contributed by atoms with E-state index in [9.17, 15) is 4.79 Å². The van der Waals surface area contributed by atoms with Gasteiger partial charge in [-0.15, -0.1) is 11.3 Å². The first-order chi connectivity index (χ1) is 5.59. The molecule has 1 aromatic heterocycles. The van der Waals surface area contributed by atoms with Crippen LogP contribution in [0.2, 0.25) is 0 Å². The molecule has 0 bridgehead atoms. The zero-order chi connectivity index (χ0) is 9.14. The Kier molecular flexibility index (Phi) is 3.61. The molecule has 1 amide bonds. The number of hydrogen-bond acceptors (Lipinski definition) is 2. The second-order valence-electron chi connectivity index (χ2n) is 2.37. The van der Waals surface area contributed by atoms with E-state index in [1.165, 1.54) is 0 Å². The van der Waals surface area contributed by atoms with Gasteiger partial charge in [0.05, 0.1) is 6.54 Å². The zero-order valence-electron chi connectivity index (χ0n) is 6.45. The number of carbonyl (C=O) groups is 1. The van der Waals surface area contributed by atoms with Crippen molar-refractivity contribution in [2.24, 2.45) is 0 Å². The molecule has 0 aliphatic rings. The fourth-order valence-corrected chi connectivity index (χ4v) is 2.31. The summed E-state index contributed by atoms with van der Waals surface area (Å²) in [7, 11) is 1.73. The van der Waals surface area contributed by atoms with E-state index in [4.69, 9.17) is 0 Å². The largest absolute Gasteiger partial charge is 0.332 e. The van der Waals surface area contributed by atoms with Crippen LogP contribution in [0.3, 0.4) is 0 Å². The zero-order valence-corrected chi connectivity index (χ0v) is 9.75. The lowest BCUT2D eigenvalue weighted by atomic mass is 10.4. The summed E-state index contributed by atoms with van der Waals surface area (Å²) >= 11 is 8.68. The van der Waals surface area contributed by atoms with Crippen LogP contribution in [0.5, 0.6) is 0 Å². The van der Waals surface area contributed by atoms with Crippen LogP contribution in [0.15, 0.2) is 15.9 Å². The highest BCUT2D eigenvalue weighted by molar-refractivity contribution is 9.10. The lowest BCUT2D eigenvalue weighted by Crippen LogP contribution is -2.19. The van der Waals surface area contributed by atoms with Crippen LogP contribution in [0.1, 0.15) is 4.88 Å². The Labute approximate surface area is 89.1 Å². The monoisotopic (exact) mass is 265 g/mol. The van der Waals surface area contributed by atoms with E-state index in [-0.39, 0.29) is 5.24 Å². The number of rotatable bonds is 2. The van der Waals surface area contributed by atoms with Crippen LogP contribution < -0.4 is 0 Å². The van der Waals surface area contributed by atoms with Gasteiger partial charge in [-0.05, 0) is 22.0 Å². The molecular formula is C7H8BrNOS2. The molecule has 0 spiro atoms. The molecule has 0 saturated heterocycles. The van der Waals surface area contributed by atoms with Crippen LogP contribution in [0.4, 0.5) is 4.79 Å². The number of carbonyl (C=O) groups excluding carboxylic acids is 1. The van der Waals surface area contributed by atoms with Crippen LogP contribution in [0, 0.1) is 0 Å². The highest BCUT2D eigenvalue weighted by atomic mass is 79.9.